The second-order valence-corrected chi connectivity index (χ2v) is 3.37. The molecule has 0 saturated heterocycles. The quantitative estimate of drug-likeness (QED) is 0.475. The minimum absolute atomic E-state index is 0.0231. The third-order valence-electron chi connectivity index (χ3n) is 2.28. The standard InChI is InChI=1S/C15H12/c1-11-6-7-13-9-8-12-4-2-3-5-14(12)15(13)10-11/h2-10H,1H3/i2D,3D,4D,5D,6D,7D,8D,9D. The highest BCUT2D eigenvalue weighted by Crippen LogP contribution is 2.25. The third-order valence-corrected chi connectivity index (χ3v) is 2.28. The zero-order valence-electron chi connectivity index (χ0n) is 16.1. The average Bonchev–Trinajstić information content (AvgIpc) is 2.51. The van der Waals surface area contributed by atoms with Gasteiger partial charge in [0.15, 0.2) is 0 Å². The van der Waals surface area contributed by atoms with E-state index in [0.29, 0.717) is 10.9 Å². The molecule has 0 aromatic heterocycles. The Balaban J connectivity index is 2.80. The van der Waals surface area contributed by atoms with Crippen LogP contribution in [0.15, 0.2) is 54.4 Å². The molecule has 0 aliphatic heterocycles. The Hall–Kier alpha value is -1.82. The third kappa shape index (κ3) is 1.30. The summed E-state index contributed by atoms with van der Waals surface area (Å²) in [6.07, 6.45) is 0. The molecule has 0 saturated carbocycles. The number of fused-ring (bicyclic) bond motifs is 3. The van der Waals surface area contributed by atoms with Crippen LogP contribution in [0.25, 0.3) is 21.5 Å². The number of aryl methyl sites for hydroxylation is 1. The van der Waals surface area contributed by atoms with E-state index in [1.54, 1.807) is 13.0 Å². The van der Waals surface area contributed by atoms with Crippen molar-refractivity contribution in [1.82, 2.24) is 0 Å². The maximum Gasteiger partial charge on any atom is 0.0629 e. The van der Waals surface area contributed by atoms with Gasteiger partial charge in [0, 0.05) is 0 Å². The van der Waals surface area contributed by atoms with E-state index < -0.39 is 12.1 Å². The number of hydrogen-bond donors (Lipinski definition) is 0. The van der Waals surface area contributed by atoms with Crippen molar-refractivity contribution in [3.05, 3.63) is 60.0 Å². The molecule has 0 unspecified atom stereocenters. The van der Waals surface area contributed by atoms with Crippen molar-refractivity contribution in [1.29, 1.82) is 0 Å². The van der Waals surface area contributed by atoms with Crippen molar-refractivity contribution in [2.24, 2.45) is 0 Å². The molecular formula is C15H12. The molecule has 0 heteroatoms. The van der Waals surface area contributed by atoms with E-state index >= 15 is 0 Å². The zero-order valence-corrected chi connectivity index (χ0v) is 8.08. The summed E-state index contributed by atoms with van der Waals surface area (Å²) in [6.45, 7) is 1.63. The van der Waals surface area contributed by atoms with Crippen molar-refractivity contribution in [2.45, 2.75) is 6.92 Å². The second-order valence-electron chi connectivity index (χ2n) is 3.37. The molecule has 0 nitrogen and oxygen atoms in total. The van der Waals surface area contributed by atoms with Gasteiger partial charge < -0.3 is 0 Å². The van der Waals surface area contributed by atoms with Gasteiger partial charge in [0.25, 0.3) is 0 Å². The molecule has 72 valence electrons. The van der Waals surface area contributed by atoms with E-state index in [4.69, 9.17) is 11.0 Å². The SMILES string of the molecule is [2H]c1c(C)cc2c(c1[2H])c([2H])c([2H])c1c([2H])c([2H])c([2H])c([2H])c12. The molecule has 0 fully saturated rings. The van der Waals surface area contributed by atoms with Crippen LogP contribution in [0.3, 0.4) is 0 Å². The zero-order chi connectivity index (χ0) is 17.2. The monoisotopic (exact) mass is 200 g/mol. The summed E-state index contributed by atoms with van der Waals surface area (Å²) in [4.78, 5) is 0. The Labute approximate surface area is 100 Å². The van der Waals surface area contributed by atoms with Crippen molar-refractivity contribution >= 4 is 21.5 Å². The van der Waals surface area contributed by atoms with Gasteiger partial charge in [-0.3, -0.25) is 0 Å². The molecule has 3 aromatic carbocycles. The first-order chi connectivity index (χ1) is 10.7. The van der Waals surface area contributed by atoms with E-state index in [2.05, 4.69) is 0 Å². The van der Waals surface area contributed by atoms with E-state index in [9.17, 15) is 0 Å². The fourth-order valence-corrected chi connectivity index (χ4v) is 1.58. The van der Waals surface area contributed by atoms with Gasteiger partial charge in [-0.25, -0.2) is 0 Å². The first-order valence-electron chi connectivity index (χ1n) is 8.58. The lowest BCUT2D eigenvalue weighted by Crippen LogP contribution is -1.78. The van der Waals surface area contributed by atoms with Gasteiger partial charge in [-0.05, 0) is 28.5 Å². The predicted molar refractivity (Wildman–Crippen MR) is 66.2 cm³/mol. The van der Waals surface area contributed by atoms with Gasteiger partial charge in [-0.1, -0.05) is 60.0 Å². The van der Waals surface area contributed by atoms with Gasteiger partial charge in [0.2, 0.25) is 0 Å². The molecular weight excluding hydrogens is 180 g/mol. The van der Waals surface area contributed by atoms with Crippen LogP contribution in [-0.2, 0) is 0 Å². The summed E-state index contributed by atoms with van der Waals surface area (Å²) in [7, 11) is 0. The summed E-state index contributed by atoms with van der Waals surface area (Å²) in [6, 6.07) is -0.868. The van der Waals surface area contributed by atoms with E-state index in [1.165, 1.54) is 0 Å². The van der Waals surface area contributed by atoms with Crippen molar-refractivity contribution in [3.63, 3.8) is 0 Å². The maximum atomic E-state index is 8.13. The maximum absolute atomic E-state index is 8.13. The number of benzene rings is 3. The number of hydrogen-bond acceptors (Lipinski definition) is 0. The molecule has 0 heterocycles. The summed E-state index contributed by atoms with van der Waals surface area (Å²) in [5, 5.41) is 0.489. The molecule has 15 heavy (non-hydrogen) atoms. The van der Waals surface area contributed by atoms with Crippen LogP contribution < -0.4 is 0 Å². The Morgan fingerprint density at radius 2 is 1.47 bits per heavy atom. The average molecular weight is 200 g/mol. The molecule has 0 atom stereocenters. The van der Waals surface area contributed by atoms with Crippen LogP contribution in [0.5, 0.6) is 0 Å². The molecule has 0 bridgehead atoms. The predicted octanol–water partition coefficient (Wildman–Crippen LogP) is 4.30. The molecule has 3 rings (SSSR count). The van der Waals surface area contributed by atoms with Crippen LogP contribution in [-0.4, -0.2) is 0 Å². The summed E-state index contributed by atoms with van der Waals surface area (Å²) in [5.41, 5.74) is 0.480. The lowest BCUT2D eigenvalue weighted by molar-refractivity contribution is 1.51. The molecule has 0 amide bonds. The normalized spacial score (nSPS) is 18.5. The van der Waals surface area contributed by atoms with Crippen molar-refractivity contribution in [2.75, 3.05) is 0 Å². The molecule has 0 spiro atoms. The van der Waals surface area contributed by atoms with Gasteiger partial charge in [0.05, 0.1) is 11.0 Å². The highest BCUT2D eigenvalue weighted by atomic mass is 14.0. The molecule has 0 aliphatic carbocycles. The topological polar surface area (TPSA) is 0 Å². The molecule has 0 radical (unpaired) electrons. The largest absolute Gasteiger partial charge is 0.0629 e. The van der Waals surface area contributed by atoms with Gasteiger partial charge in [-0.2, -0.15) is 0 Å². The van der Waals surface area contributed by atoms with Crippen molar-refractivity contribution in [3.8, 4) is 0 Å². The highest BCUT2D eigenvalue weighted by Gasteiger charge is 1.99. The summed E-state index contributed by atoms with van der Waals surface area (Å²) in [5.74, 6) is 0. The Bertz CT molecular complexity index is 1010. The van der Waals surface area contributed by atoms with Gasteiger partial charge >= 0.3 is 0 Å². The van der Waals surface area contributed by atoms with Crippen LogP contribution in [0, 0.1) is 6.92 Å². The minimum atomic E-state index is -0.449. The lowest BCUT2D eigenvalue weighted by Gasteiger charge is -2.04. The Morgan fingerprint density at radius 3 is 2.33 bits per heavy atom. The molecule has 0 N–H and O–H groups in total. The van der Waals surface area contributed by atoms with E-state index in [-0.39, 0.29) is 52.4 Å². The van der Waals surface area contributed by atoms with Gasteiger partial charge in [0.1, 0.15) is 0 Å². The summed E-state index contributed by atoms with van der Waals surface area (Å²) >= 11 is 0. The Morgan fingerprint density at radius 1 is 0.800 bits per heavy atom. The fraction of sp³-hybridized carbons (Fsp3) is 0.0667. The number of rotatable bonds is 0. The van der Waals surface area contributed by atoms with Gasteiger partial charge in [-0.15, -0.1) is 0 Å². The van der Waals surface area contributed by atoms with Crippen LogP contribution >= 0.6 is 0 Å². The molecule has 0 aliphatic rings. The first kappa shape index (κ1) is 3.64. The van der Waals surface area contributed by atoms with Crippen LogP contribution in [0.2, 0.25) is 0 Å². The second kappa shape index (κ2) is 3.09. The van der Waals surface area contributed by atoms with Crippen molar-refractivity contribution < 1.29 is 11.0 Å². The Kier molecular flexibility index (Phi) is 0.751. The fourth-order valence-electron chi connectivity index (χ4n) is 1.58. The lowest BCUT2D eigenvalue weighted by atomic mass is 10.0. The van der Waals surface area contributed by atoms with E-state index in [0.717, 1.165) is 0 Å². The highest BCUT2D eigenvalue weighted by molar-refractivity contribution is 6.07. The van der Waals surface area contributed by atoms with Crippen LogP contribution in [0.1, 0.15) is 16.5 Å². The molecule has 3 aromatic rings. The first-order valence-corrected chi connectivity index (χ1v) is 4.58. The van der Waals surface area contributed by atoms with Crippen LogP contribution in [0.4, 0.5) is 0 Å². The smallest absolute Gasteiger partial charge is 0.0616 e. The summed E-state index contributed by atoms with van der Waals surface area (Å²) < 4.78 is 63.9. The minimum Gasteiger partial charge on any atom is -0.0616 e. The van der Waals surface area contributed by atoms with E-state index in [1.807, 2.05) is 0 Å².